The topological polar surface area (TPSA) is 81.4 Å². The summed E-state index contributed by atoms with van der Waals surface area (Å²) in [4.78, 5) is 19.6. The maximum absolute atomic E-state index is 11.2. The van der Waals surface area contributed by atoms with E-state index < -0.39 is 16.1 Å². The Morgan fingerprint density at radius 2 is 2.64 bits per heavy atom. The first-order valence-electron chi connectivity index (χ1n) is 3.78. The average Bonchev–Trinajstić information content (AvgIpc) is 2.61. The predicted octanol–water partition coefficient (Wildman–Crippen LogP) is 1.71. The fourth-order valence-corrected chi connectivity index (χ4v) is 2.59. The molecule has 0 saturated carbocycles. The summed E-state index contributed by atoms with van der Waals surface area (Å²) in [6.45, 7) is 0. The standard InChI is InChI=1S/C7H6N5OS/c8-11-10-7(13)14-4-6-3-9-1-2-12(6)5-14/h1-4H,5H2/q+1. The molecule has 70 valence electrons. The molecule has 0 N–H and O–H groups in total. The highest BCUT2D eigenvalue weighted by Gasteiger charge is 2.36. The summed E-state index contributed by atoms with van der Waals surface area (Å²) in [5.41, 5.74) is 9.01. The van der Waals surface area contributed by atoms with Gasteiger partial charge in [-0.2, -0.15) is 0 Å². The van der Waals surface area contributed by atoms with Gasteiger partial charge in [0.05, 0.1) is 6.21 Å². The molecule has 0 bridgehead atoms. The van der Waals surface area contributed by atoms with Gasteiger partial charge in [-0.15, -0.1) is 0 Å². The molecule has 2 heterocycles. The number of nitrogens with zero attached hydrogens (tertiary/aromatic N) is 5. The zero-order valence-corrected chi connectivity index (χ0v) is 7.89. The Labute approximate surface area is 82.6 Å². The molecule has 0 aliphatic carbocycles. The molecule has 2 aliphatic heterocycles. The van der Waals surface area contributed by atoms with Crippen LogP contribution in [0.15, 0.2) is 33.6 Å². The summed E-state index contributed by atoms with van der Waals surface area (Å²) in [5.74, 6) is 0.551. The molecule has 0 fully saturated rings. The second-order valence-electron chi connectivity index (χ2n) is 2.60. The number of aliphatic imine (C=N–C) groups is 1. The lowest BCUT2D eigenvalue weighted by Gasteiger charge is -2.11. The number of carbonyl (C=O) groups excluding carboxylic acids is 1. The number of allylic oxidation sites excluding steroid dienone is 1. The van der Waals surface area contributed by atoms with Gasteiger partial charge in [-0.05, 0) is 5.53 Å². The maximum atomic E-state index is 11.2. The Balaban J connectivity index is 2.18. The summed E-state index contributed by atoms with van der Waals surface area (Å²) in [7, 11) is -0.630. The molecule has 0 aromatic heterocycles. The monoisotopic (exact) mass is 208 g/mol. The van der Waals surface area contributed by atoms with E-state index >= 15 is 0 Å². The molecule has 14 heavy (non-hydrogen) atoms. The number of rotatable bonds is 0. The summed E-state index contributed by atoms with van der Waals surface area (Å²) in [6.07, 6.45) is 5.13. The largest absolute Gasteiger partial charge is 0.428 e. The molecule has 2 aliphatic rings. The van der Waals surface area contributed by atoms with Gasteiger partial charge in [0, 0.05) is 22.4 Å². The molecule has 0 saturated heterocycles. The van der Waals surface area contributed by atoms with Gasteiger partial charge < -0.3 is 0 Å². The maximum Gasteiger partial charge on any atom is 0.428 e. The van der Waals surface area contributed by atoms with Crippen molar-refractivity contribution in [1.29, 1.82) is 0 Å². The van der Waals surface area contributed by atoms with Crippen molar-refractivity contribution in [3.63, 3.8) is 0 Å². The molecular weight excluding hydrogens is 202 g/mol. The molecule has 6 nitrogen and oxygen atoms in total. The molecule has 0 radical (unpaired) electrons. The van der Waals surface area contributed by atoms with Crippen LogP contribution < -0.4 is 0 Å². The van der Waals surface area contributed by atoms with Crippen molar-refractivity contribution in [1.82, 2.24) is 4.90 Å². The second kappa shape index (κ2) is 3.57. The number of hydrogen-bond acceptors (Lipinski definition) is 3. The first-order valence-corrected chi connectivity index (χ1v) is 5.24. The van der Waals surface area contributed by atoms with E-state index in [2.05, 4.69) is 15.0 Å². The summed E-state index contributed by atoms with van der Waals surface area (Å²) >= 11 is 0. The van der Waals surface area contributed by atoms with Crippen molar-refractivity contribution in [2.24, 2.45) is 10.1 Å². The van der Waals surface area contributed by atoms with Crippen molar-refractivity contribution < 1.29 is 4.79 Å². The number of carbonyl (C=O) groups is 1. The molecule has 0 spiro atoms. The lowest BCUT2D eigenvalue weighted by atomic mass is 10.4. The van der Waals surface area contributed by atoms with Crippen molar-refractivity contribution in [3.05, 3.63) is 33.9 Å². The molecule has 1 amide bonds. The summed E-state index contributed by atoms with van der Waals surface area (Å²) < 4.78 is 0. The minimum absolute atomic E-state index is 0.420. The third kappa shape index (κ3) is 1.50. The quantitative estimate of drug-likeness (QED) is 0.263. The van der Waals surface area contributed by atoms with Gasteiger partial charge in [0.2, 0.25) is 0 Å². The number of fused-ring (bicyclic) bond motifs is 1. The second-order valence-corrected chi connectivity index (χ2v) is 4.30. The third-order valence-corrected chi connectivity index (χ3v) is 3.38. The van der Waals surface area contributed by atoms with Gasteiger partial charge in [-0.3, -0.25) is 9.89 Å². The molecule has 0 aromatic carbocycles. The van der Waals surface area contributed by atoms with Crippen molar-refractivity contribution >= 4 is 22.3 Å². The Kier molecular flexibility index (Phi) is 2.26. The lowest BCUT2D eigenvalue weighted by Crippen LogP contribution is -2.20. The van der Waals surface area contributed by atoms with E-state index in [0.29, 0.717) is 5.88 Å². The Bertz CT molecular complexity index is 406. The first-order chi connectivity index (χ1) is 6.81. The van der Waals surface area contributed by atoms with E-state index in [1.165, 1.54) is 0 Å². The Morgan fingerprint density at radius 3 is 3.36 bits per heavy atom. The summed E-state index contributed by atoms with van der Waals surface area (Å²) in [5, 5.41) is 4.44. The first kappa shape index (κ1) is 8.86. The van der Waals surface area contributed by atoms with Crippen LogP contribution in [0.25, 0.3) is 10.4 Å². The number of hydrogen-bond donors (Lipinski definition) is 0. The van der Waals surface area contributed by atoms with Crippen molar-refractivity contribution in [2.45, 2.75) is 0 Å². The van der Waals surface area contributed by atoms with E-state index in [9.17, 15) is 4.79 Å². The van der Waals surface area contributed by atoms with Gasteiger partial charge in [-0.1, -0.05) is 0 Å². The van der Waals surface area contributed by atoms with E-state index in [-0.39, 0.29) is 0 Å². The van der Waals surface area contributed by atoms with Crippen molar-refractivity contribution in [2.75, 3.05) is 5.88 Å². The SMILES string of the molecule is [N-]=[N+]=NC(=O)[S+]1C=C2C=NC=CN2C1. The molecule has 1 unspecified atom stereocenters. The van der Waals surface area contributed by atoms with Crippen LogP contribution in [0.3, 0.4) is 0 Å². The van der Waals surface area contributed by atoms with Crippen LogP contribution in [-0.4, -0.2) is 22.2 Å². The van der Waals surface area contributed by atoms with E-state index in [1.807, 2.05) is 4.90 Å². The minimum Gasteiger partial charge on any atom is -0.298 e. The van der Waals surface area contributed by atoms with Crippen LogP contribution in [-0.2, 0) is 10.9 Å². The Morgan fingerprint density at radius 1 is 1.79 bits per heavy atom. The minimum atomic E-state index is -0.630. The molecule has 1 atom stereocenters. The average molecular weight is 208 g/mol. The fourth-order valence-electron chi connectivity index (χ4n) is 1.14. The fraction of sp³-hybridized carbons (Fsp3) is 0.143. The lowest BCUT2D eigenvalue weighted by molar-refractivity contribution is 0.267. The van der Waals surface area contributed by atoms with Gasteiger partial charge in [0.1, 0.15) is 16.6 Å². The van der Waals surface area contributed by atoms with Crippen LogP contribution in [0, 0.1) is 0 Å². The van der Waals surface area contributed by atoms with Crippen LogP contribution in [0.5, 0.6) is 0 Å². The molecule has 7 heteroatoms. The van der Waals surface area contributed by atoms with Crippen LogP contribution in [0.1, 0.15) is 0 Å². The highest BCUT2D eigenvalue weighted by Crippen LogP contribution is 2.22. The van der Waals surface area contributed by atoms with Gasteiger partial charge in [0.25, 0.3) is 0 Å². The van der Waals surface area contributed by atoms with Gasteiger partial charge >= 0.3 is 5.24 Å². The van der Waals surface area contributed by atoms with E-state index in [0.717, 1.165) is 5.70 Å². The molecule has 2 rings (SSSR count). The third-order valence-electron chi connectivity index (χ3n) is 1.76. The highest BCUT2D eigenvalue weighted by atomic mass is 32.2. The predicted molar refractivity (Wildman–Crippen MR) is 54.3 cm³/mol. The summed E-state index contributed by atoms with van der Waals surface area (Å²) in [6, 6.07) is 0. The van der Waals surface area contributed by atoms with Crippen LogP contribution >= 0.6 is 0 Å². The van der Waals surface area contributed by atoms with E-state index in [1.54, 1.807) is 24.0 Å². The number of azide groups is 1. The zero-order chi connectivity index (χ0) is 9.97. The molecular formula is C7H6N5OS+. The highest BCUT2D eigenvalue weighted by molar-refractivity contribution is 8.13. The molecule has 0 aromatic rings. The van der Waals surface area contributed by atoms with E-state index in [4.69, 9.17) is 5.53 Å². The van der Waals surface area contributed by atoms with Crippen LogP contribution in [0.2, 0.25) is 0 Å². The van der Waals surface area contributed by atoms with Gasteiger partial charge in [-0.25, -0.2) is 4.79 Å². The van der Waals surface area contributed by atoms with Crippen LogP contribution in [0.4, 0.5) is 4.79 Å². The normalized spacial score (nSPS) is 22.7. The van der Waals surface area contributed by atoms with Gasteiger partial charge in [0.15, 0.2) is 11.3 Å². The number of amides is 1. The Hall–Kier alpha value is -1.72. The zero-order valence-electron chi connectivity index (χ0n) is 7.07. The smallest absolute Gasteiger partial charge is 0.298 e. The van der Waals surface area contributed by atoms with Crippen molar-refractivity contribution in [3.8, 4) is 0 Å².